The molecule has 25 heavy (non-hydrogen) atoms. The van der Waals surface area contributed by atoms with E-state index in [1.54, 1.807) is 18.2 Å². The van der Waals surface area contributed by atoms with Crippen LogP contribution in [-0.4, -0.2) is 28.9 Å². The minimum atomic E-state index is -0.633. The molecule has 0 aliphatic carbocycles. The van der Waals surface area contributed by atoms with Crippen molar-refractivity contribution in [3.05, 3.63) is 44.8 Å². The third-order valence-corrected chi connectivity index (χ3v) is 3.81. The lowest BCUT2D eigenvalue weighted by Crippen LogP contribution is -2.29. The number of aromatic nitrogens is 2. The molecular formula is C16H17Cl2N3O4. The third kappa shape index (κ3) is 4.87. The van der Waals surface area contributed by atoms with Crippen molar-refractivity contribution in [2.75, 3.05) is 18.5 Å². The Bertz CT molecular complexity index is 824. The number of rotatable bonds is 7. The molecule has 0 saturated carbocycles. The Labute approximate surface area is 154 Å². The van der Waals surface area contributed by atoms with E-state index in [0.717, 1.165) is 4.68 Å². The highest BCUT2D eigenvalue weighted by atomic mass is 35.5. The summed E-state index contributed by atoms with van der Waals surface area (Å²) < 4.78 is 11.9. The van der Waals surface area contributed by atoms with Crippen molar-refractivity contribution in [3.8, 4) is 11.5 Å². The van der Waals surface area contributed by atoms with Crippen LogP contribution in [0.5, 0.6) is 11.5 Å². The first-order valence-corrected chi connectivity index (χ1v) is 8.32. The van der Waals surface area contributed by atoms with Crippen molar-refractivity contribution in [1.82, 2.24) is 9.78 Å². The highest BCUT2D eigenvalue weighted by Crippen LogP contribution is 2.30. The Morgan fingerprint density at radius 1 is 1.20 bits per heavy atom. The van der Waals surface area contributed by atoms with Gasteiger partial charge in [0.1, 0.15) is 11.6 Å². The Morgan fingerprint density at radius 2 is 1.88 bits per heavy atom. The number of carbonyl (C=O) groups excluding carboxylic acids is 1. The van der Waals surface area contributed by atoms with Gasteiger partial charge in [-0.15, -0.1) is 0 Å². The van der Waals surface area contributed by atoms with E-state index in [-0.39, 0.29) is 16.6 Å². The minimum absolute atomic E-state index is 0.0381. The van der Waals surface area contributed by atoms with E-state index in [9.17, 15) is 9.59 Å². The topological polar surface area (TPSA) is 82.5 Å². The molecule has 0 unspecified atom stereocenters. The maximum atomic E-state index is 12.2. The second-order valence-corrected chi connectivity index (χ2v) is 5.63. The van der Waals surface area contributed by atoms with E-state index in [1.165, 1.54) is 6.20 Å². The quantitative estimate of drug-likeness (QED) is 0.791. The van der Waals surface area contributed by atoms with Gasteiger partial charge < -0.3 is 14.8 Å². The molecule has 0 bridgehead atoms. The van der Waals surface area contributed by atoms with Crippen LogP contribution in [-0.2, 0) is 11.3 Å². The maximum absolute atomic E-state index is 12.2. The van der Waals surface area contributed by atoms with Gasteiger partial charge in [-0.05, 0) is 26.0 Å². The van der Waals surface area contributed by atoms with E-state index in [2.05, 4.69) is 10.4 Å². The Kier molecular flexibility index (Phi) is 6.66. The van der Waals surface area contributed by atoms with Crippen LogP contribution < -0.4 is 20.3 Å². The number of hydrogen-bond acceptors (Lipinski definition) is 5. The Morgan fingerprint density at radius 3 is 2.56 bits per heavy atom. The van der Waals surface area contributed by atoms with Gasteiger partial charge in [-0.3, -0.25) is 9.59 Å². The normalized spacial score (nSPS) is 10.4. The first-order valence-electron chi connectivity index (χ1n) is 7.56. The second-order valence-electron chi connectivity index (χ2n) is 4.85. The van der Waals surface area contributed by atoms with Gasteiger partial charge in [-0.1, -0.05) is 23.2 Å². The molecule has 1 N–H and O–H groups in total. The smallest absolute Gasteiger partial charge is 0.287 e. The molecule has 1 aromatic carbocycles. The summed E-state index contributed by atoms with van der Waals surface area (Å²) in [6, 6.07) is 5.03. The van der Waals surface area contributed by atoms with Crippen LogP contribution in [0, 0.1) is 0 Å². The predicted molar refractivity (Wildman–Crippen MR) is 95.9 cm³/mol. The van der Waals surface area contributed by atoms with Crippen LogP contribution in [0.3, 0.4) is 0 Å². The fourth-order valence-electron chi connectivity index (χ4n) is 2.02. The number of amides is 1. The van der Waals surface area contributed by atoms with E-state index < -0.39 is 11.5 Å². The lowest BCUT2D eigenvalue weighted by Gasteiger charge is -2.13. The number of carbonyl (C=O) groups is 1. The molecule has 1 amide bonds. The van der Waals surface area contributed by atoms with Crippen molar-refractivity contribution < 1.29 is 14.3 Å². The maximum Gasteiger partial charge on any atom is 0.287 e. The van der Waals surface area contributed by atoms with Crippen molar-refractivity contribution in [2.24, 2.45) is 0 Å². The van der Waals surface area contributed by atoms with Crippen LogP contribution in [0.1, 0.15) is 13.8 Å². The zero-order chi connectivity index (χ0) is 18.4. The van der Waals surface area contributed by atoms with Crippen LogP contribution in [0.25, 0.3) is 0 Å². The van der Waals surface area contributed by atoms with E-state index >= 15 is 0 Å². The molecule has 0 atom stereocenters. The number of hydrogen-bond donors (Lipinski definition) is 1. The molecule has 9 heteroatoms. The largest absolute Gasteiger partial charge is 0.490 e. The molecule has 7 nitrogen and oxygen atoms in total. The average molecular weight is 386 g/mol. The number of nitrogens with one attached hydrogen (secondary N) is 1. The highest BCUT2D eigenvalue weighted by Gasteiger charge is 2.12. The molecule has 0 fully saturated rings. The Hall–Kier alpha value is -2.25. The van der Waals surface area contributed by atoms with E-state index in [4.69, 9.17) is 32.7 Å². The van der Waals surface area contributed by atoms with Gasteiger partial charge in [0.25, 0.3) is 5.56 Å². The van der Waals surface area contributed by atoms with Crippen molar-refractivity contribution >= 4 is 34.8 Å². The summed E-state index contributed by atoms with van der Waals surface area (Å²) in [6.45, 7) is 4.38. The lowest BCUT2D eigenvalue weighted by atomic mass is 10.2. The average Bonchev–Trinajstić information content (AvgIpc) is 2.58. The monoisotopic (exact) mass is 385 g/mol. The molecule has 0 saturated heterocycles. The molecule has 0 aliphatic heterocycles. The summed E-state index contributed by atoms with van der Waals surface area (Å²) in [4.78, 5) is 24.1. The van der Waals surface area contributed by atoms with Gasteiger partial charge in [-0.25, -0.2) is 4.68 Å². The molecule has 1 aromatic heterocycles. The van der Waals surface area contributed by atoms with Crippen molar-refractivity contribution in [1.29, 1.82) is 0 Å². The van der Waals surface area contributed by atoms with Crippen LogP contribution in [0.2, 0.25) is 10.0 Å². The molecule has 2 aromatic rings. The van der Waals surface area contributed by atoms with Gasteiger partial charge in [0, 0.05) is 11.8 Å². The zero-order valence-electron chi connectivity index (χ0n) is 13.7. The van der Waals surface area contributed by atoms with Gasteiger partial charge >= 0.3 is 0 Å². The van der Waals surface area contributed by atoms with E-state index in [0.29, 0.717) is 30.4 Å². The van der Waals surface area contributed by atoms with Crippen molar-refractivity contribution in [3.63, 3.8) is 0 Å². The molecule has 0 spiro atoms. The van der Waals surface area contributed by atoms with Crippen molar-refractivity contribution in [2.45, 2.75) is 20.4 Å². The van der Waals surface area contributed by atoms with Crippen LogP contribution in [0.15, 0.2) is 29.2 Å². The number of benzene rings is 1. The number of nitrogens with zero attached hydrogens (tertiary/aromatic N) is 2. The molecule has 1 heterocycles. The summed E-state index contributed by atoms with van der Waals surface area (Å²) in [7, 11) is 0. The predicted octanol–water partition coefficient (Wildman–Crippen LogP) is 2.99. The molecule has 0 radical (unpaired) electrons. The third-order valence-electron chi connectivity index (χ3n) is 3.06. The summed E-state index contributed by atoms with van der Waals surface area (Å²) >= 11 is 11.5. The summed E-state index contributed by atoms with van der Waals surface area (Å²) in [5, 5.41) is 6.32. The zero-order valence-corrected chi connectivity index (χ0v) is 15.2. The number of ether oxygens (including phenoxy) is 2. The first kappa shape index (κ1) is 19.1. The first-order chi connectivity index (χ1) is 12.0. The standard InChI is InChI=1S/C16H17Cl2N3O4/c1-3-24-12-6-5-10(7-13(12)25-4-2)20-14(22)9-21-16(23)15(18)11(17)8-19-21/h5-8H,3-4,9H2,1-2H3,(H,20,22). The van der Waals surface area contributed by atoms with Crippen LogP contribution in [0.4, 0.5) is 5.69 Å². The van der Waals surface area contributed by atoms with E-state index in [1.807, 2.05) is 13.8 Å². The fraction of sp³-hybridized carbons (Fsp3) is 0.312. The molecule has 134 valence electrons. The summed E-state index contributed by atoms with van der Waals surface area (Å²) in [5.41, 5.74) is -0.129. The highest BCUT2D eigenvalue weighted by molar-refractivity contribution is 6.41. The number of anilines is 1. The molecule has 0 aliphatic rings. The molecule has 2 rings (SSSR count). The minimum Gasteiger partial charge on any atom is -0.490 e. The summed E-state index contributed by atoms with van der Waals surface area (Å²) in [6.07, 6.45) is 1.21. The fourth-order valence-corrected chi connectivity index (χ4v) is 2.29. The van der Waals surface area contributed by atoms with Gasteiger partial charge in [0.05, 0.1) is 24.4 Å². The van der Waals surface area contributed by atoms with Gasteiger partial charge in [0.15, 0.2) is 11.5 Å². The lowest BCUT2D eigenvalue weighted by molar-refractivity contribution is -0.117. The second kappa shape index (κ2) is 8.73. The molecular weight excluding hydrogens is 369 g/mol. The summed E-state index contributed by atoms with van der Waals surface area (Å²) in [5.74, 6) is 0.663. The number of halogens is 2. The SMILES string of the molecule is CCOc1ccc(NC(=O)Cn2ncc(Cl)c(Cl)c2=O)cc1OCC. The van der Waals surface area contributed by atoms with Gasteiger partial charge in [0.2, 0.25) is 5.91 Å². The van der Waals surface area contributed by atoms with Crippen LogP contribution >= 0.6 is 23.2 Å². The Balaban J connectivity index is 2.14. The van der Waals surface area contributed by atoms with Gasteiger partial charge in [-0.2, -0.15) is 5.10 Å².